The molecule has 0 bridgehead atoms. The van der Waals surface area contributed by atoms with Crippen LogP contribution in [0.3, 0.4) is 0 Å². The topological polar surface area (TPSA) is 76.1 Å². The number of carbonyl (C=O) groups is 2. The van der Waals surface area contributed by atoms with Gasteiger partial charge in [-0.15, -0.1) is 0 Å². The van der Waals surface area contributed by atoms with Crippen LogP contribution in [0.25, 0.3) is 0 Å². The maximum absolute atomic E-state index is 12.7. The Morgan fingerprint density at radius 2 is 2.10 bits per heavy atom. The first kappa shape index (κ1) is 13.9. The second-order valence-electron chi connectivity index (χ2n) is 5.44. The van der Waals surface area contributed by atoms with Gasteiger partial charge in [0, 0.05) is 0 Å². The maximum Gasteiger partial charge on any atom is 0.346 e. The van der Waals surface area contributed by atoms with Crippen LogP contribution in [-0.2, 0) is 14.3 Å². The molecule has 1 amide bonds. The van der Waals surface area contributed by atoms with Crippen molar-refractivity contribution in [2.24, 2.45) is 5.92 Å². The molecular weight excluding hydrogens is 274 g/mol. The fourth-order valence-electron chi connectivity index (χ4n) is 2.78. The van der Waals surface area contributed by atoms with Crippen molar-refractivity contribution in [2.75, 3.05) is 18.1 Å². The lowest BCUT2D eigenvalue weighted by atomic mass is 10.0. The summed E-state index contributed by atoms with van der Waals surface area (Å²) in [6.07, 6.45) is -0.315. The Bertz CT molecular complexity index is 573. The minimum absolute atomic E-state index is 0.0239. The van der Waals surface area contributed by atoms with Gasteiger partial charge in [0.15, 0.2) is 0 Å². The van der Waals surface area contributed by atoms with E-state index in [0.29, 0.717) is 24.5 Å². The first-order valence-electron chi connectivity index (χ1n) is 6.97. The van der Waals surface area contributed by atoms with Crippen LogP contribution < -0.4 is 9.64 Å². The molecule has 3 rings (SSSR count). The Labute approximate surface area is 122 Å². The van der Waals surface area contributed by atoms with Crippen LogP contribution in [-0.4, -0.2) is 42.3 Å². The summed E-state index contributed by atoms with van der Waals surface area (Å²) in [4.78, 5) is 25.4. The number of nitrogens with zero attached hydrogens (tertiary/aromatic N) is 1. The van der Waals surface area contributed by atoms with E-state index < -0.39 is 12.1 Å². The van der Waals surface area contributed by atoms with E-state index in [0.717, 1.165) is 0 Å². The molecule has 1 aromatic rings. The van der Waals surface area contributed by atoms with Gasteiger partial charge < -0.3 is 19.5 Å². The molecule has 2 aliphatic heterocycles. The average Bonchev–Trinajstić information content (AvgIpc) is 2.92. The zero-order chi connectivity index (χ0) is 15.0. The zero-order valence-electron chi connectivity index (χ0n) is 11.7. The smallest absolute Gasteiger partial charge is 0.346 e. The number of aliphatic carboxylic acids is 1. The standard InChI is InChI=1S/C15H17NO5/c1-9-6-10(8-20-9)14(17)16-7-13(15(18)19)21-12-5-3-2-4-11(12)16/h2-5,9-10,13H,6-8H2,1H3,(H,18,19). The van der Waals surface area contributed by atoms with Gasteiger partial charge in [0.25, 0.3) is 0 Å². The molecule has 0 aliphatic carbocycles. The third kappa shape index (κ3) is 2.58. The molecule has 2 heterocycles. The molecule has 1 fully saturated rings. The lowest BCUT2D eigenvalue weighted by Gasteiger charge is -2.34. The van der Waals surface area contributed by atoms with Gasteiger partial charge in [-0.05, 0) is 25.5 Å². The molecule has 6 heteroatoms. The minimum Gasteiger partial charge on any atom is -0.478 e. The third-order valence-corrected chi connectivity index (χ3v) is 3.86. The summed E-state index contributed by atoms with van der Waals surface area (Å²) in [6, 6.07) is 7.01. The highest BCUT2D eigenvalue weighted by Gasteiger charge is 2.38. The van der Waals surface area contributed by atoms with Crippen molar-refractivity contribution in [3.05, 3.63) is 24.3 Å². The molecule has 0 aromatic heterocycles. The molecule has 6 nitrogen and oxygen atoms in total. The molecule has 1 N–H and O–H groups in total. The van der Waals surface area contributed by atoms with Crippen LogP contribution in [0.2, 0.25) is 0 Å². The Balaban J connectivity index is 1.89. The highest BCUT2D eigenvalue weighted by Crippen LogP contribution is 2.35. The summed E-state index contributed by atoms with van der Waals surface area (Å²) in [5.74, 6) is -0.961. The molecule has 1 aromatic carbocycles. The predicted octanol–water partition coefficient (Wildman–Crippen LogP) is 1.29. The average molecular weight is 291 g/mol. The summed E-state index contributed by atoms with van der Waals surface area (Å²) in [5, 5.41) is 9.18. The van der Waals surface area contributed by atoms with Gasteiger partial charge in [0.05, 0.1) is 30.9 Å². The highest BCUT2D eigenvalue weighted by atomic mass is 16.5. The van der Waals surface area contributed by atoms with Crippen LogP contribution in [0.15, 0.2) is 24.3 Å². The Morgan fingerprint density at radius 3 is 2.76 bits per heavy atom. The highest BCUT2D eigenvalue weighted by molar-refractivity contribution is 5.98. The molecule has 2 aliphatic rings. The van der Waals surface area contributed by atoms with E-state index in [-0.39, 0.29) is 24.5 Å². The van der Waals surface area contributed by atoms with E-state index in [9.17, 15) is 14.7 Å². The van der Waals surface area contributed by atoms with Crippen molar-refractivity contribution >= 4 is 17.6 Å². The predicted molar refractivity (Wildman–Crippen MR) is 74.4 cm³/mol. The summed E-state index contributed by atoms with van der Waals surface area (Å²) < 4.78 is 10.9. The monoisotopic (exact) mass is 291 g/mol. The van der Waals surface area contributed by atoms with Crippen molar-refractivity contribution in [1.29, 1.82) is 0 Å². The van der Waals surface area contributed by atoms with Crippen LogP contribution >= 0.6 is 0 Å². The van der Waals surface area contributed by atoms with Gasteiger partial charge in [-0.2, -0.15) is 0 Å². The van der Waals surface area contributed by atoms with E-state index in [1.165, 1.54) is 4.90 Å². The normalized spacial score (nSPS) is 27.9. The van der Waals surface area contributed by atoms with Gasteiger partial charge in [-0.25, -0.2) is 4.79 Å². The number of hydrogen-bond donors (Lipinski definition) is 1. The zero-order valence-corrected chi connectivity index (χ0v) is 11.7. The number of carboxylic acids is 1. The maximum atomic E-state index is 12.7. The molecule has 21 heavy (non-hydrogen) atoms. The number of rotatable bonds is 2. The molecular formula is C15H17NO5. The van der Waals surface area contributed by atoms with Crippen molar-refractivity contribution in [3.63, 3.8) is 0 Å². The van der Waals surface area contributed by atoms with Gasteiger partial charge >= 0.3 is 5.97 Å². The van der Waals surface area contributed by atoms with Crippen LogP contribution in [0.4, 0.5) is 5.69 Å². The molecule has 0 radical (unpaired) electrons. The first-order valence-corrected chi connectivity index (χ1v) is 6.97. The molecule has 3 atom stereocenters. The minimum atomic E-state index is -1.07. The van der Waals surface area contributed by atoms with Crippen LogP contribution in [0.1, 0.15) is 13.3 Å². The van der Waals surface area contributed by atoms with Gasteiger partial charge in [-0.3, -0.25) is 4.79 Å². The Hall–Kier alpha value is -2.08. The number of para-hydroxylation sites is 2. The number of anilines is 1. The number of carboxylic acid groups (broad SMARTS) is 1. The number of hydrogen-bond acceptors (Lipinski definition) is 4. The van der Waals surface area contributed by atoms with E-state index in [2.05, 4.69) is 0 Å². The first-order chi connectivity index (χ1) is 10.1. The second-order valence-corrected chi connectivity index (χ2v) is 5.44. The van der Waals surface area contributed by atoms with Crippen molar-refractivity contribution in [2.45, 2.75) is 25.6 Å². The Morgan fingerprint density at radius 1 is 1.33 bits per heavy atom. The summed E-state index contributed by atoms with van der Waals surface area (Å²) in [7, 11) is 0. The van der Waals surface area contributed by atoms with Crippen LogP contribution in [0.5, 0.6) is 5.75 Å². The number of fused-ring (bicyclic) bond motifs is 1. The number of amides is 1. The molecule has 3 unspecified atom stereocenters. The molecule has 112 valence electrons. The molecule has 0 saturated carbocycles. The lowest BCUT2D eigenvalue weighted by molar-refractivity contribution is -0.145. The molecule has 0 spiro atoms. The SMILES string of the molecule is CC1CC(C(=O)N2CC(C(=O)O)Oc3ccccc32)CO1. The fourth-order valence-corrected chi connectivity index (χ4v) is 2.78. The summed E-state index contributed by atoms with van der Waals surface area (Å²) in [5.41, 5.74) is 0.625. The van der Waals surface area contributed by atoms with E-state index in [1.54, 1.807) is 24.3 Å². The van der Waals surface area contributed by atoms with Gasteiger partial charge in [0.2, 0.25) is 12.0 Å². The summed E-state index contributed by atoms with van der Waals surface area (Å²) in [6.45, 7) is 2.34. The number of ether oxygens (including phenoxy) is 2. The fraction of sp³-hybridized carbons (Fsp3) is 0.467. The molecule has 1 saturated heterocycles. The van der Waals surface area contributed by atoms with Gasteiger partial charge in [0.1, 0.15) is 5.75 Å². The van der Waals surface area contributed by atoms with Crippen molar-refractivity contribution in [1.82, 2.24) is 0 Å². The van der Waals surface area contributed by atoms with E-state index in [4.69, 9.17) is 9.47 Å². The van der Waals surface area contributed by atoms with E-state index in [1.807, 2.05) is 6.92 Å². The lowest BCUT2D eigenvalue weighted by Crippen LogP contribution is -2.49. The van der Waals surface area contributed by atoms with Crippen LogP contribution in [0, 0.1) is 5.92 Å². The largest absolute Gasteiger partial charge is 0.478 e. The summed E-state index contributed by atoms with van der Waals surface area (Å²) >= 11 is 0. The van der Waals surface area contributed by atoms with E-state index >= 15 is 0 Å². The van der Waals surface area contributed by atoms with Crippen molar-refractivity contribution in [3.8, 4) is 5.75 Å². The third-order valence-electron chi connectivity index (χ3n) is 3.86. The second kappa shape index (κ2) is 5.37. The number of carbonyl (C=O) groups excluding carboxylic acids is 1. The quantitative estimate of drug-likeness (QED) is 0.888. The van der Waals surface area contributed by atoms with Crippen molar-refractivity contribution < 1.29 is 24.2 Å². The van der Waals surface area contributed by atoms with Gasteiger partial charge in [-0.1, -0.05) is 12.1 Å². The number of benzene rings is 1. The Kier molecular flexibility index (Phi) is 3.55.